The Morgan fingerprint density at radius 1 is 1.15 bits per heavy atom. The summed E-state index contributed by atoms with van der Waals surface area (Å²) in [6, 6.07) is 6.19. The van der Waals surface area contributed by atoms with Crippen LogP contribution in [0.5, 0.6) is 0 Å². The topological polar surface area (TPSA) is 93.5 Å². The summed E-state index contributed by atoms with van der Waals surface area (Å²) in [4.78, 5) is 12.7. The van der Waals surface area contributed by atoms with Gasteiger partial charge in [0, 0.05) is 31.5 Å². The Hall–Kier alpha value is -2.23. The first-order valence-corrected chi connectivity index (χ1v) is 9.74. The van der Waals surface area contributed by atoms with Gasteiger partial charge in [0.1, 0.15) is 0 Å². The molecule has 0 spiro atoms. The van der Waals surface area contributed by atoms with Crippen LogP contribution < -0.4 is 5.32 Å². The van der Waals surface area contributed by atoms with Gasteiger partial charge in [0.05, 0.1) is 29.4 Å². The number of hydrogen-bond donors (Lipinski definition) is 1. The zero-order valence-corrected chi connectivity index (χ0v) is 15.8. The highest BCUT2D eigenvalue weighted by Crippen LogP contribution is 2.20. The molecule has 0 saturated carbocycles. The average Bonchev–Trinajstić information content (AvgIpc) is 2.88. The molecule has 1 aromatic heterocycles. The van der Waals surface area contributed by atoms with Crippen molar-refractivity contribution in [2.24, 2.45) is 7.05 Å². The fourth-order valence-electron chi connectivity index (χ4n) is 2.94. The van der Waals surface area contributed by atoms with E-state index in [1.165, 1.54) is 16.4 Å². The Bertz CT molecular complexity index is 913. The lowest BCUT2D eigenvalue weighted by atomic mass is 10.2. The fourth-order valence-corrected chi connectivity index (χ4v) is 4.35. The molecule has 140 valence electrons. The molecule has 0 unspecified atom stereocenters. The summed E-state index contributed by atoms with van der Waals surface area (Å²) >= 11 is 0. The number of rotatable bonds is 4. The van der Waals surface area contributed by atoms with E-state index in [4.69, 9.17) is 4.74 Å². The van der Waals surface area contributed by atoms with Gasteiger partial charge in [-0.1, -0.05) is 0 Å². The molecule has 2 heterocycles. The molecule has 1 fully saturated rings. The number of hydrogen-bond acceptors (Lipinski definition) is 5. The van der Waals surface area contributed by atoms with Gasteiger partial charge in [0.25, 0.3) is 5.91 Å². The molecule has 3 rings (SSSR count). The highest BCUT2D eigenvalue weighted by molar-refractivity contribution is 7.89. The Morgan fingerprint density at radius 3 is 2.31 bits per heavy atom. The minimum atomic E-state index is -3.54. The van der Waals surface area contributed by atoms with E-state index in [9.17, 15) is 13.2 Å². The summed E-state index contributed by atoms with van der Waals surface area (Å²) in [5.74, 6) is -0.267. The minimum absolute atomic E-state index is 0.200. The molecule has 0 atom stereocenters. The molecule has 9 heteroatoms. The maximum absolute atomic E-state index is 12.6. The lowest BCUT2D eigenvalue weighted by molar-refractivity contribution is 0.0730. The zero-order chi connectivity index (χ0) is 18.9. The average molecular weight is 378 g/mol. The van der Waals surface area contributed by atoms with Crippen LogP contribution in [0.3, 0.4) is 0 Å². The standard InChI is InChI=1S/C17H22N4O4S/c1-12-16(13(2)20(3)19-12)17(22)18-14-4-6-15(7-5-14)26(23,24)21-8-10-25-11-9-21/h4-7H,8-11H2,1-3H3,(H,18,22). The minimum Gasteiger partial charge on any atom is -0.379 e. The first-order valence-electron chi connectivity index (χ1n) is 8.30. The van der Waals surface area contributed by atoms with Crippen molar-refractivity contribution in [2.75, 3.05) is 31.6 Å². The van der Waals surface area contributed by atoms with Crippen molar-refractivity contribution in [1.82, 2.24) is 14.1 Å². The van der Waals surface area contributed by atoms with E-state index in [-0.39, 0.29) is 10.8 Å². The number of benzene rings is 1. The second kappa shape index (κ2) is 7.18. The Labute approximate surface area is 152 Å². The molecule has 1 saturated heterocycles. The number of morpholine rings is 1. The maximum atomic E-state index is 12.6. The van der Waals surface area contributed by atoms with Gasteiger partial charge in [-0.2, -0.15) is 9.40 Å². The monoisotopic (exact) mass is 378 g/mol. The number of carbonyl (C=O) groups excluding carboxylic acids is 1. The van der Waals surface area contributed by atoms with Gasteiger partial charge in [-0.3, -0.25) is 9.48 Å². The highest BCUT2D eigenvalue weighted by atomic mass is 32.2. The third kappa shape index (κ3) is 3.50. The number of nitrogens with zero attached hydrogens (tertiary/aromatic N) is 3. The van der Waals surface area contributed by atoms with E-state index in [0.717, 1.165) is 5.69 Å². The number of anilines is 1. The van der Waals surface area contributed by atoms with E-state index >= 15 is 0 Å². The Kier molecular flexibility index (Phi) is 5.12. The number of nitrogens with one attached hydrogen (secondary N) is 1. The van der Waals surface area contributed by atoms with Crippen molar-refractivity contribution in [3.63, 3.8) is 0 Å². The smallest absolute Gasteiger partial charge is 0.259 e. The second-order valence-electron chi connectivity index (χ2n) is 6.16. The number of ether oxygens (including phenoxy) is 1. The normalized spacial score (nSPS) is 15.8. The van der Waals surface area contributed by atoms with Gasteiger partial charge in [0.15, 0.2) is 0 Å². The number of aryl methyl sites for hydroxylation is 2. The molecule has 1 aliphatic rings. The zero-order valence-electron chi connectivity index (χ0n) is 15.0. The van der Waals surface area contributed by atoms with Crippen molar-refractivity contribution in [3.05, 3.63) is 41.2 Å². The third-order valence-electron chi connectivity index (χ3n) is 4.46. The predicted octanol–water partition coefficient (Wildman–Crippen LogP) is 1.31. The number of aromatic nitrogens is 2. The summed E-state index contributed by atoms with van der Waals surface area (Å²) in [7, 11) is -1.76. The van der Waals surface area contributed by atoms with Crippen molar-refractivity contribution >= 4 is 21.6 Å². The molecule has 0 bridgehead atoms. The predicted molar refractivity (Wildman–Crippen MR) is 96.7 cm³/mol. The highest BCUT2D eigenvalue weighted by Gasteiger charge is 2.26. The summed E-state index contributed by atoms with van der Waals surface area (Å²) in [6.45, 7) is 5.10. The first-order chi connectivity index (χ1) is 12.3. The van der Waals surface area contributed by atoms with Gasteiger partial charge in [0.2, 0.25) is 10.0 Å². The summed E-state index contributed by atoms with van der Waals surface area (Å²) in [6.07, 6.45) is 0. The molecule has 1 aliphatic heterocycles. The molecule has 1 aromatic carbocycles. The first kappa shape index (κ1) is 18.6. The van der Waals surface area contributed by atoms with Gasteiger partial charge < -0.3 is 10.1 Å². The molecule has 0 aliphatic carbocycles. The summed E-state index contributed by atoms with van der Waals surface area (Å²) in [5.41, 5.74) is 2.47. The molecule has 8 nitrogen and oxygen atoms in total. The van der Waals surface area contributed by atoms with Gasteiger partial charge in [-0.05, 0) is 38.1 Å². The number of carbonyl (C=O) groups is 1. The quantitative estimate of drug-likeness (QED) is 0.866. The summed E-state index contributed by atoms with van der Waals surface area (Å²) < 4.78 is 33.5. The van der Waals surface area contributed by atoms with Crippen LogP contribution in [0.1, 0.15) is 21.7 Å². The lowest BCUT2D eigenvalue weighted by Crippen LogP contribution is -2.40. The van der Waals surface area contributed by atoms with Crippen LogP contribution in [0.4, 0.5) is 5.69 Å². The third-order valence-corrected chi connectivity index (χ3v) is 6.37. The molecule has 1 N–H and O–H groups in total. The molecular formula is C17H22N4O4S. The molecular weight excluding hydrogens is 356 g/mol. The van der Waals surface area contributed by atoms with Crippen LogP contribution >= 0.6 is 0 Å². The van der Waals surface area contributed by atoms with Gasteiger partial charge >= 0.3 is 0 Å². The SMILES string of the molecule is Cc1nn(C)c(C)c1C(=O)Nc1ccc(S(=O)(=O)N2CCOCC2)cc1. The van der Waals surface area contributed by atoms with E-state index in [2.05, 4.69) is 10.4 Å². The maximum Gasteiger partial charge on any atom is 0.259 e. The van der Waals surface area contributed by atoms with Crippen LogP contribution in [-0.4, -0.2) is 54.7 Å². The second-order valence-corrected chi connectivity index (χ2v) is 8.10. The number of amides is 1. The molecule has 26 heavy (non-hydrogen) atoms. The fraction of sp³-hybridized carbons (Fsp3) is 0.412. The van der Waals surface area contributed by atoms with Crippen molar-refractivity contribution in [3.8, 4) is 0 Å². The lowest BCUT2D eigenvalue weighted by Gasteiger charge is -2.26. The van der Waals surface area contributed by atoms with Crippen LogP contribution in [0.15, 0.2) is 29.2 Å². The van der Waals surface area contributed by atoms with Crippen molar-refractivity contribution in [1.29, 1.82) is 0 Å². The Morgan fingerprint density at radius 2 is 1.77 bits per heavy atom. The summed E-state index contributed by atoms with van der Waals surface area (Å²) in [5, 5.41) is 7.02. The van der Waals surface area contributed by atoms with Crippen LogP contribution in [0.25, 0.3) is 0 Å². The van der Waals surface area contributed by atoms with Crippen molar-refractivity contribution in [2.45, 2.75) is 18.7 Å². The van der Waals surface area contributed by atoms with E-state index in [1.54, 1.807) is 30.8 Å². The molecule has 1 amide bonds. The van der Waals surface area contributed by atoms with E-state index in [0.29, 0.717) is 43.2 Å². The van der Waals surface area contributed by atoms with E-state index in [1.807, 2.05) is 6.92 Å². The Balaban J connectivity index is 1.76. The van der Waals surface area contributed by atoms with Crippen LogP contribution in [0.2, 0.25) is 0 Å². The largest absolute Gasteiger partial charge is 0.379 e. The number of sulfonamides is 1. The van der Waals surface area contributed by atoms with Crippen molar-refractivity contribution < 1.29 is 17.9 Å². The van der Waals surface area contributed by atoms with Gasteiger partial charge in [-0.15, -0.1) is 0 Å². The van der Waals surface area contributed by atoms with Gasteiger partial charge in [-0.25, -0.2) is 8.42 Å². The molecule has 2 aromatic rings. The van der Waals surface area contributed by atoms with Crippen LogP contribution in [-0.2, 0) is 21.8 Å². The van der Waals surface area contributed by atoms with E-state index < -0.39 is 10.0 Å². The van der Waals surface area contributed by atoms with Crippen LogP contribution in [0, 0.1) is 13.8 Å². The molecule has 0 radical (unpaired) electrons.